The Bertz CT molecular complexity index is 369. The van der Waals surface area contributed by atoms with E-state index >= 15 is 0 Å². The van der Waals surface area contributed by atoms with Crippen LogP contribution in [0, 0.1) is 12.8 Å². The van der Waals surface area contributed by atoms with E-state index < -0.39 is 0 Å². The first-order valence-corrected chi connectivity index (χ1v) is 7.61. The summed E-state index contributed by atoms with van der Waals surface area (Å²) in [5.74, 6) is 0.859. The smallest absolute Gasteiger partial charge is 0.0431 e. The summed E-state index contributed by atoms with van der Waals surface area (Å²) < 4.78 is 0. The van der Waals surface area contributed by atoms with Crippen LogP contribution in [0.1, 0.15) is 43.7 Å². The van der Waals surface area contributed by atoms with Crippen molar-refractivity contribution in [2.24, 2.45) is 5.92 Å². The fourth-order valence-corrected chi connectivity index (χ4v) is 2.68. The quantitative estimate of drug-likeness (QED) is 0.754. The molecule has 0 amide bonds. The number of aliphatic hydroxyl groups excluding tert-OH is 1. The Kier molecular flexibility index (Phi) is 5.41. The van der Waals surface area contributed by atoms with Gasteiger partial charge in [-0.3, -0.25) is 0 Å². The van der Waals surface area contributed by atoms with Crippen LogP contribution in [0.4, 0.5) is 0 Å². The van der Waals surface area contributed by atoms with Gasteiger partial charge in [0.25, 0.3) is 0 Å². The van der Waals surface area contributed by atoms with Gasteiger partial charge >= 0.3 is 0 Å². The molecule has 2 nitrogen and oxygen atoms in total. The number of aliphatic hydroxyl groups is 1. The Balaban J connectivity index is 1.87. The molecule has 1 saturated carbocycles. The third-order valence-corrected chi connectivity index (χ3v) is 4.06. The third kappa shape index (κ3) is 4.96. The molecule has 1 aromatic carbocycles. The first-order valence-electron chi connectivity index (χ1n) is 7.61. The van der Waals surface area contributed by atoms with Gasteiger partial charge in [-0.2, -0.15) is 0 Å². The molecule has 2 N–H and O–H groups in total. The molecule has 19 heavy (non-hydrogen) atoms. The van der Waals surface area contributed by atoms with Gasteiger partial charge in [0.2, 0.25) is 0 Å². The predicted molar refractivity (Wildman–Crippen MR) is 80.3 cm³/mol. The van der Waals surface area contributed by atoms with Crippen LogP contribution < -0.4 is 5.32 Å². The van der Waals surface area contributed by atoms with Gasteiger partial charge in [-0.05, 0) is 57.4 Å². The van der Waals surface area contributed by atoms with E-state index in [1.165, 1.54) is 24.0 Å². The standard InChI is InChI=1S/C17H27NO/c1-13-5-7-15(8-6-13)12-17(16-9-10-16)18-14(2)4-3-11-19/h5-8,14,16-19H,3-4,9-12H2,1-2H3. The maximum Gasteiger partial charge on any atom is 0.0431 e. The lowest BCUT2D eigenvalue weighted by Crippen LogP contribution is -2.39. The van der Waals surface area contributed by atoms with E-state index in [1.54, 1.807) is 0 Å². The summed E-state index contributed by atoms with van der Waals surface area (Å²) in [7, 11) is 0. The summed E-state index contributed by atoms with van der Waals surface area (Å²) in [5, 5.41) is 12.7. The average Bonchev–Trinajstić information content (AvgIpc) is 3.22. The van der Waals surface area contributed by atoms with Crippen LogP contribution >= 0.6 is 0 Å². The number of hydrogen-bond acceptors (Lipinski definition) is 2. The van der Waals surface area contributed by atoms with Crippen molar-refractivity contribution in [2.45, 2.75) is 58.0 Å². The molecule has 0 aromatic heterocycles. The third-order valence-electron chi connectivity index (χ3n) is 4.06. The number of benzene rings is 1. The van der Waals surface area contributed by atoms with Crippen LogP contribution in [0.5, 0.6) is 0 Å². The molecule has 0 bridgehead atoms. The fourth-order valence-electron chi connectivity index (χ4n) is 2.68. The second-order valence-corrected chi connectivity index (χ2v) is 6.07. The zero-order chi connectivity index (χ0) is 13.7. The largest absolute Gasteiger partial charge is 0.396 e. The van der Waals surface area contributed by atoms with Gasteiger partial charge in [0.05, 0.1) is 0 Å². The summed E-state index contributed by atoms with van der Waals surface area (Å²) in [6, 6.07) is 10.0. The minimum absolute atomic E-state index is 0.304. The highest BCUT2D eigenvalue weighted by Crippen LogP contribution is 2.34. The Morgan fingerprint density at radius 2 is 1.95 bits per heavy atom. The molecule has 1 aliphatic rings. The van der Waals surface area contributed by atoms with E-state index in [9.17, 15) is 0 Å². The number of nitrogens with one attached hydrogen (secondary N) is 1. The molecule has 0 radical (unpaired) electrons. The predicted octanol–water partition coefficient (Wildman–Crippen LogP) is 3.07. The van der Waals surface area contributed by atoms with Gasteiger partial charge in [-0.1, -0.05) is 29.8 Å². The van der Waals surface area contributed by atoms with Gasteiger partial charge < -0.3 is 10.4 Å². The molecule has 1 aromatic rings. The van der Waals surface area contributed by atoms with Crippen molar-refractivity contribution in [3.8, 4) is 0 Å². The van der Waals surface area contributed by atoms with E-state index in [0.717, 1.165) is 25.2 Å². The van der Waals surface area contributed by atoms with Gasteiger partial charge in [-0.15, -0.1) is 0 Å². The van der Waals surface area contributed by atoms with Crippen LogP contribution in [0.3, 0.4) is 0 Å². The minimum atomic E-state index is 0.304. The molecular formula is C17H27NO. The Morgan fingerprint density at radius 3 is 2.53 bits per heavy atom. The maximum absolute atomic E-state index is 8.90. The lowest BCUT2D eigenvalue weighted by atomic mass is 9.99. The first kappa shape index (κ1) is 14.5. The lowest BCUT2D eigenvalue weighted by Gasteiger charge is -2.23. The van der Waals surface area contributed by atoms with Gasteiger partial charge in [-0.25, -0.2) is 0 Å². The van der Waals surface area contributed by atoms with Crippen molar-refractivity contribution in [2.75, 3.05) is 6.61 Å². The monoisotopic (exact) mass is 261 g/mol. The zero-order valence-corrected chi connectivity index (χ0v) is 12.2. The number of rotatable bonds is 8. The number of hydrogen-bond donors (Lipinski definition) is 2. The van der Waals surface area contributed by atoms with Crippen molar-refractivity contribution in [1.29, 1.82) is 0 Å². The van der Waals surface area contributed by atoms with Crippen LogP contribution in [0.15, 0.2) is 24.3 Å². The summed E-state index contributed by atoms with van der Waals surface area (Å²) in [4.78, 5) is 0. The molecule has 1 aliphatic carbocycles. The van der Waals surface area contributed by atoms with E-state index in [-0.39, 0.29) is 0 Å². The van der Waals surface area contributed by atoms with Crippen molar-refractivity contribution >= 4 is 0 Å². The molecular weight excluding hydrogens is 234 g/mol. The summed E-state index contributed by atoms with van der Waals surface area (Å²) in [6.07, 6.45) is 5.84. The Hall–Kier alpha value is -0.860. The van der Waals surface area contributed by atoms with Gasteiger partial charge in [0, 0.05) is 18.7 Å². The topological polar surface area (TPSA) is 32.3 Å². The molecule has 0 aliphatic heterocycles. The van der Waals surface area contributed by atoms with Crippen molar-refractivity contribution < 1.29 is 5.11 Å². The lowest BCUT2D eigenvalue weighted by molar-refractivity contribution is 0.271. The molecule has 2 unspecified atom stereocenters. The number of aryl methyl sites for hydroxylation is 1. The molecule has 106 valence electrons. The second-order valence-electron chi connectivity index (χ2n) is 6.07. The molecule has 0 saturated heterocycles. The average molecular weight is 261 g/mol. The van der Waals surface area contributed by atoms with Gasteiger partial charge in [0.1, 0.15) is 0 Å². The van der Waals surface area contributed by atoms with E-state index in [4.69, 9.17) is 5.11 Å². The van der Waals surface area contributed by atoms with Crippen LogP contribution in [0.25, 0.3) is 0 Å². The fraction of sp³-hybridized carbons (Fsp3) is 0.647. The minimum Gasteiger partial charge on any atom is -0.396 e. The van der Waals surface area contributed by atoms with Crippen LogP contribution in [-0.2, 0) is 6.42 Å². The van der Waals surface area contributed by atoms with Gasteiger partial charge in [0.15, 0.2) is 0 Å². The summed E-state index contributed by atoms with van der Waals surface area (Å²) >= 11 is 0. The highest BCUT2D eigenvalue weighted by atomic mass is 16.2. The van der Waals surface area contributed by atoms with E-state index in [0.29, 0.717) is 18.7 Å². The highest BCUT2D eigenvalue weighted by Gasteiger charge is 2.31. The zero-order valence-electron chi connectivity index (χ0n) is 12.2. The summed E-state index contributed by atoms with van der Waals surface area (Å²) in [5.41, 5.74) is 2.76. The molecule has 2 atom stereocenters. The normalized spacial score (nSPS) is 18.3. The highest BCUT2D eigenvalue weighted by molar-refractivity contribution is 5.22. The van der Waals surface area contributed by atoms with E-state index in [1.807, 2.05) is 0 Å². The Labute approximate surface area is 117 Å². The molecule has 0 heterocycles. The van der Waals surface area contributed by atoms with Crippen LogP contribution in [-0.4, -0.2) is 23.8 Å². The SMILES string of the molecule is Cc1ccc(CC(NC(C)CCCO)C2CC2)cc1. The molecule has 0 spiro atoms. The van der Waals surface area contributed by atoms with Crippen molar-refractivity contribution in [3.63, 3.8) is 0 Å². The van der Waals surface area contributed by atoms with E-state index in [2.05, 4.69) is 43.4 Å². The van der Waals surface area contributed by atoms with Crippen molar-refractivity contribution in [1.82, 2.24) is 5.32 Å². The molecule has 2 heteroatoms. The first-order chi connectivity index (χ1) is 9.19. The van der Waals surface area contributed by atoms with Crippen molar-refractivity contribution in [3.05, 3.63) is 35.4 Å². The maximum atomic E-state index is 8.90. The summed E-state index contributed by atoms with van der Waals surface area (Å²) in [6.45, 7) is 4.68. The molecule has 2 rings (SSSR count). The molecule has 1 fully saturated rings. The second kappa shape index (κ2) is 7.06. The van der Waals surface area contributed by atoms with Crippen LogP contribution in [0.2, 0.25) is 0 Å². The Morgan fingerprint density at radius 1 is 1.26 bits per heavy atom.